The largest absolute Gasteiger partial charge is 0.478 e. The lowest BCUT2D eigenvalue weighted by Crippen LogP contribution is -1.97. The monoisotopic (exact) mass is 300 g/mol. The van der Waals surface area contributed by atoms with Gasteiger partial charge in [0.2, 0.25) is 0 Å². The molecule has 88 valence electrons. The SMILES string of the molecule is O=C(O)c1cc2ccc(Br)cc2c2ccccc12. The van der Waals surface area contributed by atoms with Gasteiger partial charge in [0, 0.05) is 4.47 Å². The van der Waals surface area contributed by atoms with Crippen LogP contribution in [-0.4, -0.2) is 11.1 Å². The van der Waals surface area contributed by atoms with Crippen molar-refractivity contribution in [2.24, 2.45) is 0 Å². The Morgan fingerprint density at radius 2 is 1.67 bits per heavy atom. The van der Waals surface area contributed by atoms with Crippen LogP contribution in [0.2, 0.25) is 0 Å². The highest BCUT2D eigenvalue weighted by atomic mass is 79.9. The maximum atomic E-state index is 11.3. The Morgan fingerprint density at radius 3 is 2.39 bits per heavy atom. The fourth-order valence-corrected chi connectivity index (χ4v) is 2.61. The number of carboxylic acid groups (broad SMARTS) is 1. The van der Waals surface area contributed by atoms with Crippen molar-refractivity contribution in [2.45, 2.75) is 0 Å². The van der Waals surface area contributed by atoms with Gasteiger partial charge in [-0.3, -0.25) is 0 Å². The van der Waals surface area contributed by atoms with Gasteiger partial charge in [0.25, 0.3) is 0 Å². The van der Waals surface area contributed by atoms with Crippen molar-refractivity contribution in [1.82, 2.24) is 0 Å². The number of fused-ring (bicyclic) bond motifs is 3. The number of hydrogen-bond acceptors (Lipinski definition) is 1. The Morgan fingerprint density at radius 1 is 0.944 bits per heavy atom. The molecule has 0 spiro atoms. The second kappa shape index (κ2) is 4.10. The second-order valence-corrected chi connectivity index (χ2v) is 5.06. The van der Waals surface area contributed by atoms with E-state index in [9.17, 15) is 9.90 Å². The van der Waals surface area contributed by atoms with Crippen LogP contribution in [0.4, 0.5) is 0 Å². The molecule has 0 unspecified atom stereocenters. The first-order valence-electron chi connectivity index (χ1n) is 5.51. The number of benzene rings is 3. The molecule has 0 aromatic heterocycles. The fourth-order valence-electron chi connectivity index (χ4n) is 2.25. The van der Waals surface area contributed by atoms with Crippen molar-refractivity contribution in [3.8, 4) is 0 Å². The molecule has 0 aliphatic carbocycles. The standard InChI is InChI=1S/C15H9BrO2/c16-10-6-5-9-7-14(15(17)18)12-4-2-1-3-11(12)13(9)8-10/h1-8H,(H,17,18). The van der Waals surface area contributed by atoms with Crippen LogP contribution in [0, 0.1) is 0 Å². The number of carboxylic acids is 1. The Kier molecular flexibility index (Phi) is 2.56. The van der Waals surface area contributed by atoms with Crippen LogP contribution >= 0.6 is 15.9 Å². The summed E-state index contributed by atoms with van der Waals surface area (Å²) in [5, 5.41) is 13.0. The van der Waals surface area contributed by atoms with Crippen molar-refractivity contribution in [2.75, 3.05) is 0 Å². The van der Waals surface area contributed by atoms with Gasteiger partial charge in [-0.2, -0.15) is 0 Å². The van der Waals surface area contributed by atoms with Gasteiger partial charge in [0.1, 0.15) is 0 Å². The van der Waals surface area contributed by atoms with E-state index in [0.29, 0.717) is 5.56 Å². The molecule has 3 rings (SSSR count). The molecule has 3 aromatic carbocycles. The summed E-state index contributed by atoms with van der Waals surface area (Å²) in [7, 11) is 0. The van der Waals surface area contributed by atoms with E-state index in [-0.39, 0.29) is 0 Å². The molecule has 18 heavy (non-hydrogen) atoms. The molecular weight excluding hydrogens is 292 g/mol. The van der Waals surface area contributed by atoms with E-state index in [0.717, 1.165) is 26.0 Å². The second-order valence-electron chi connectivity index (χ2n) is 4.14. The van der Waals surface area contributed by atoms with Crippen LogP contribution in [0.25, 0.3) is 21.5 Å². The Bertz CT molecular complexity index is 778. The van der Waals surface area contributed by atoms with Gasteiger partial charge in [-0.15, -0.1) is 0 Å². The van der Waals surface area contributed by atoms with Crippen molar-refractivity contribution < 1.29 is 9.90 Å². The van der Waals surface area contributed by atoms with Gasteiger partial charge in [0.05, 0.1) is 5.56 Å². The minimum absolute atomic E-state index is 0.348. The van der Waals surface area contributed by atoms with Crippen LogP contribution in [0.15, 0.2) is 53.0 Å². The molecule has 0 atom stereocenters. The summed E-state index contributed by atoms with van der Waals surface area (Å²) in [6, 6.07) is 15.2. The fraction of sp³-hybridized carbons (Fsp3) is 0. The zero-order valence-electron chi connectivity index (χ0n) is 9.35. The quantitative estimate of drug-likeness (QED) is 0.674. The van der Waals surface area contributed by atoms with Gasteiger partial charge in [-0.05, 0) is 39.7 Å². The van der Waals surface area contributed by atoms with Crippen molar-refractivity contribution >= 4 is 43.4 Å². The molecule has 0 heterocycles. The predicted octanol–water partition coefficient (Wildman–Crippen LogP) is 4.45. The van der Waals surface area contributed by atoms with E-state index in [1.807, 2.05) is 42.5 Å². The summed E-state index contributed by atoms with van der Waals surface area (Å²) < 4.78 is 0.989. The molecule has 0 aliphatic rings. The minimum atomic E-state index is -0.893. The van der Waals surface area contributed by atoms with Gasteiger partial charge in [-0.25, -0.2) is 4.79 Å². The highest BCUT2D eigenvalue weighted by Crippen LogP contribution is 2.30. The molecular formula is C15H9BrO2. The first kappa shape index (κ1) is 11.2. The molecule has 3 aromatic rings. The lowest BCUT2D eigenvalue weighted by Gasteiger charge is -2.07. The number of hydrogen-bond donors (Lipinski definition) is 1. The molecule has 2 nitrogen and oxygen atoms in total. The van der Waals surface area contributed by atoms with Crippen LogP contribution in [0.3, 0.4) is 0 Å². The average molecular weight is 301 g/mol. The van der Waals surface area contributed by atoms with Crippen LogP contribution < -0.4 is 0 Å². The lowest BCUT2D eigenvalue weighted by atomic mass is 9.97. The summed E-state index contributed by atoms with van der Waals surface area (Å²) in [6.07, 6.45) is 0. The molecule has 0 fully saturated rings. The van der Waals surface area contributed by atoms with Crippen molar-refractivity contribution in [1.29, 1.82) is 0 Å². The van der Waals surface area contributed by atoms with E-state index in [1.54, 1.807) is 6.07 Å². The smallest absolute Gasteiger partial charge is 0.336 e. The summed E-state index contributed by atoms with van der Waals surface area (Å²) >= 11 is 3.45. The Labute approximate surface area is 112 Å². The lowest BCUT2D eigenvalue weighted by molar-refractivity contribution is 0.0699. The van der Waals surface area contributed by atoms with Gasteiger partial charge in [-0.1, -0.05) is 46.3 Å². The highest BCUT2D eigenvalue weighted by molar-refractivity contribution is 9.10. The number of aromatic carboxylic acids is 1. The van der Waals surface area contributed by atoms with Gasteiger partial charge in [0.15, 0.2) is 0 Å². The summed E-state index contributed by atoms with van der Waals surface area (Å²) in [6.45, 7) is 0. The highest BCUT2D eigenvalue weighted by Gasteiger charge is 2.11. The predicted molar refractivity (Wildman–Crippen MR) is 76.1 cm³/mol. The third kappa shape index (κ3) is 1.68. The molecule has 1 N–H and O–H groups in total. The van der Waals surface area contributed by atoms with Crippen LogP contribution in [-0.2, 0) is 0 Å². The third-order valence-corrected chi connectivity index (χ3v) is 3.55. The zero-order valence-corrected chi connectivity index (χ0v) is 10.9. The first-order chi connectivity index (χ1) is 8.66. The van der Waals surface area contributed by atoms with Crippen LogP contribution in [0.1, 0.15) is 10.4 Å². The molecule has 0 saturated carbocycles. The number of halogens is 1. The summed E-state index contributed by atoms with van der Waals surface area (Å²) in [5.74, 6) is -0.893. The van der Waals surface area contributed by atoms with E-state index < -0.39 is 5.97 Å². The average Bonchev–Trinajstić information content (AvgIpc) is 2.37. The van der Waals surface area contributed by atoms with Gasteiger partial charge >= 0.3 is 5.97 Å². The van der Waals surface area contributed by atoms with E-state index in [4.69, 9.17) is 0 Å². The number of rotatable bonds is 1. The van der Waals surface area contributed by atoms with E-state index in [1.165, 1.54) is 0 Å². The summed E-state index contributed by atoms with van der Waals surface area (Å²) in [4.78, 5) is 11.3. The van der Waals surface area contributed by atoms with Crippen LogP contribution in [0.5, 0.6) is 0 Å². The molecule has 3 heteroatoms. The molecule has 0 aliphatic heterocycles. The summed E-state index contributed by atoms with van der Waals surface area (Å²) in [5.41, 5.74) is 0.348. The normalized spacial score (nSPS) is 10.9. The first-order valence-corrected chi connectivity index (χ1v) is 6.30. The topological polar surface area (TPSA) is 37.3 Å². The van der Waals surface area contributed by atoms with Crippen molar-refractivity contribution in [3.63, 3.8) is 0 Å². The van der Waals surface area contributed by atoms with Gasteiger partial charge < -0.3 is 5.11 Å². The maximum Gasteiger partial charge on any atom is 0.336 e. The van der Waals surface area contributed by atoms with Crippen molar-refractivity contribution in [3.05, 3.63) is 58.6 Å². The molecule has 0 radical (unpaired) electrons. The minimum Gasteiger partial charge on any atom is -0.478 e. The van der Waals surface area contributed by atoms with E-state index >= 15 is 0 Å². The molecule has 0 bridgehead atoms. The zero-order chi connectivity index (χ0) is 12.7. The molecule has 0 amide bonds. The Balaban J connectivity index is 2.57. The Hall–Kier alpha value is -1.87. The molecule has 0 saturated heterocycles. The third-order valence-electron chi connectivity index (χ3n) is 3.05. The van der Waals surface area contributed by atoms with E-state index in [2.05, 4.69) is 15.9 Å². The number of carbonyl (C=O) groups is 1. The maximum absolute atomic E-state index is 11.3.